The maximum Gasteiger partial charge on any atom is 0.119 e. The van der Waals surface area contributed by atoms with Crippen LogP contribution in [-0.4, -0.2) is 26.4 Å². The minimum absolute atomic E-state index is 0.598. The molecule has 0 aliphatic carbocycles. The largest absolute Gasteiger partial charge is 0.493 e. The molecule has 0 atom stereocenters. The maximum absolute atomic E-state index is 5.88. The van der Waals surface area contributed by atoms with Crippen molar-refractivity contribution < 1.29 is 4.74 Å². The van der Waals surface area contributed by atoms with Crippen LogP contribution < -0.4 is 4.74 Å². The van der Waals surface area contributed by atoms with Crippen LogP contribution in [0.4, 0.5) is 0 Å². The van der Waals surface area contributed by atoms with Gasteiger partial charge in [0.05, 0.1) is 18.0 Å². The summed E-state index contributed by atoms with van der Waals surface area (Å²) in [5, 5.41) is 7.40. The van der Waals surface area contributed by atoms with Crippen molar-refractivity contribution in [2.75, 3.05) is 6.61 Å². The molecule has 0 spiro atoms. The van der Waals surface area contributed by atoms with E-state index in [1.807, 2.05) is 86.1 Å². The van der Waals surface area contributed by atoms with Gasteiger partial charge in [0.1, 0.15) is 5.75 Å². The molecule has 0 amide bonds. The first-order valence-electron chi connectivity index (χ1n) is 9.92. The third-order valence-electron chi connectivity index (χ3n) is 4.69. The Labute approximate surface area is 176 Å². The molecule has 0 saturated heterocycles. The molecule has 4 aromatic rings. The number of nitrogens with one attached hydrogen (secondary N) is 1. The topological polar surface area (TPSA) is 55.7 Å². The molecule has 4 rings (SSSR count). The van der Waals surface area contributed by atoms with Crippen molar-refractivity contribution in [3.63, 3.8) is 0 Å². The normalized spacial score (nSPS) is 11.5. The van der Waals surface area contributed by atoms with Crippen LogP contribution in [0.15, 0.2) is 73.1 Å². The van der Waals surface area contributed by atoms with E-state index in [0.717, 1.165) is 40.5 Å². The Hall–Kier alpha value is -3.86. The molecular weight excluding hydrogens is 372 g/mol. The fraction of sp³-hybridized carbons (Fsp3) is 0.120. The Morgan fingerprint density at radius 1 is 0.967 bits per heavy atom. The number of aromatic amines is 1. The molecule has 30 heavy (non-hydrogen) atoms. The quantitative estimate of drug-likeness (QED) is 0.450. The molecule has 0 saturated carbocycles. The summed E-state index contributed by atoms with van der Waals surface area (Å²) < 4.78 is 7.95. The first-order valence-corrected chi connectivity index (χ1v) is 9.92. The number of aromatic nitrogens is 4. The van der Waals surface area contributed by atoms with Crippen molar-refractivity contribution in [1.82, 2.24) is 19.7 Å². The Balaban J connectivity index is 1.34. The summed E-state index contributed by atoms with van der Waals surface area (Å²) in [5.41, 5.74) is 5.07. The van der Waals surface area contributed by atoms with Crippen LogP contribution in [0.25, 0.3) is 24.3 Å². The smallest absolute Gasteiger partial charge is 0.119 e. The Kier molecular flexibility index (Phi) is 6.20. The number of rotatable bonds is 8. The molecule has 0 radical (unpaired) electrons. The lowest BCUT2D eigenvalue weighted by molar-refractivity contribution is 0.320. The van der Waals surface area contributed by atoms with Crippen molar-refractivity contribution in [1.29, 1.82) is 0 Å². The highest BCUT2D eigenvalue weighted by Crippen LogP contribution is 2.16. The van der Waals surface area contributed by atoms with E-state index in [1.165, 1.54) is 0 Å². The van der Waals surface area contributed by atoms with Gasteiger partial charge in [-0.25, -0.2) is 0 Å². The van der Waals surface area contributed by atoms with Crippen LogP contribution in [0.5, 0.6) is 5.75 Å². The molecule has 5 nitrogen and oxygen atoms in total. The number of pyridine rings is 1. The third kappa shape index (κ3) is 5.35. The van der Waals surface area contributed by atoms with Crippen molar-refractivity contribution >= 4 is 24.3 Å². The van der Waals surface area contributed by atoms with E-state index >= 15 is 0 Å². The van der Waals surface area contributed by atoms with Crippen LogP contribution in [0.3, 0.4) is 0 Å². The number of benzene rings is 1. The van der Waals surface area contributed by atoms with Crippen LogP contribution in [0, 0.1) is 0 Å². The number of H-pyrrole nitrogens is 1. The van der Waals surface area contributed by atoms with Gasteiger partial charge < -0.3 is 9.30 Å². The number of hydrogen-bond donors (Lipinski definition) is 1. The molecule has 1 aromatic carbocycles. The van der Waals surface area contributed by atoms with E-state index in [2.05, 4.69) is 31.9 Å². The van der Waals surface area contributed by atoms with Gasteiger partial charge in [0, 0.05) is 37.3 Å². The molecule has 3 heterocycles. The summed E-state index contributed by atoms with van der Waals surface area (Å²) >= 11 is 0. The summed E-state index contributed by atoms with van der Waals surface area (Å²) in [6.07, 6.45) is 12.7. The van der Waals surface area contributed by atoms with Crippen molar-refractivity contribution in [3.05, 3.63) is 101 Å². The molecular formula is C25H24N4O. The lowest BCUT2D eigenvalue weighted by atomic mass is 10.2. The predicted octanol–water partition coefficient (Wildman–Crippen LogP) is 5.11. The van der Waals surface area contributed by atoms with Crippen molar-refractivity contribution in [2.24, 2.45) is 7.05 Å². The molecule has 0 fully saturated rings. The number of nitrogens with zero attached hydrogens (tertiary/aromatic N) is 3. The average molecular weight is 396 g/mol. The average Bonchev–Trinajstić information content (AvgIpc) is 3.40. The summed E-state index contributed by atoms with van der Waals surface area (Å²) in [6, 6.07) is 20.1. The van der Waals surface area contributed by atoms with Gasteiger partial charge in [0.2, 0.25) is 0 Å². The van der Waals surface area contributed by atoms with Gasteiger partial charge in [-0.05, 0) is 66.3 Å². The zero-order valence-corrected chi connectivity index (χ0v) is 16.9. The first kappa shape index (κ1) is 19.5. The fourth-order valence-electron chi connectivity index (χ4n) is 3.06. The van der Waals surface area contributed by atoms with Gasteiger partial charge in [-0.15, -0.1) is 0 Å². The highest BCUT2D eigenvalue weighted by Gasteiger charge is 1.99. The number of ether oxygens (including phenoxy) is 1. The molecule has 150 valence electrons. The van der Waals surface area contributed by atoms with Crippen LogP contribution >= 0.6 is 0 Å². The summed E-state index contributed by atoms with van der Waals surface area (Å²) in [6.45, 7) is 0.598. The third-order valence-corrected chi connectivity index (χ3v) is 4.69. The summed E-state index contributed by atoms with van der Waals surface area (Å²) in [4.78, 5) is 4.32. The zero-order valence-electron chi connectivity index (χ0n) is 16.9. The lowest BCUT2D eigenvalue weighted by Gasteiger charge is -2.06. The maximum atomic E-state index is 5.88. The molecule has 0 aliphatic heterocycles. The van der Waals surface area contributed by atoms with Gasteiger partial charge in [-0.1, -0.05) is 24.3 Å². The van der Waals surface area contributed by atoms with Crippen molar-refractivity contribution in [2.45, 2.75) is 6.42 Å². The Morgan fingerprint density at radius 2 is 1.93 bits per heavy atom. The van der Waals surface area contributed by atoms with E-state index in [4.69, 9.17) is 4.74 Å². The second-order valence-electron chi connectivity index (χ2n) is 6.95. The van der Waals surface area contributed by atoms with E-state index in [1.54, 1.807) is 6.20 Å². The first-order chi connectivity index (χ1) is 14.8. The van der Waals surface area contributed by atoms with Crippen molar-refractivity contribution in [3.8, 4) is 5.75 Å². The highest BCUT2D eigenvalue weighted by molar-refractivity contribution is 5.71. The number of aryl methyl sites for hydroxylation is 1. The molecule has 5 heteroatoms. The zero-order chi connectivity index (χ0) is 20.6. The standard InChI is InChI=1S/C25H24N4O/c1-29-16-5-8-24(29)13-12-23-19-22(27-28-23)11-10-20-6-4-9-25(18-20)30-17-14-21-7-2-3-15-26-21/h2-13,15-16,18-19H,14,17H2,1H3,(H,27,28)/b11-10+,13-12+. The minimum Gasteiger partial charge on any atom is -0.493 e. The van der Waals surface area contributed by atoms with Crippen LogP contribution in [0.1, 0.15) is 28.3 Å². The van der Waals surface area contributed by atoms with Gasteiger partial charge >= 0.3 is 0 Å². The molecule has 0 unspecified atom stereocenters. The Morgan fingerprint density at radius 3 is 2.77 bits per heavy atom. The second-order valence-corrected chi connectivity index (χ2v) is 6.95. The molecule has 0 aliphatic rings. The van der Waals surface area contributed by atoms with E-state index in [9.17, 15) is 0 Å². The van der Waals surface area contributed by atoms with E-state index in [0.29, 0.717) is 6.61 Å². The predicted molar refractivity (Wildman–Crippen MR) is 122 cm³/mol. The second kappa shape index (κ2) is 9.56. The summed E-state index contributed by atoms with van der Waals surface area (Å²) in [7, 11) is 2.02. The van der Waals surface area contributed by atoms with Crippen LogP contribution in [-0.2, 0) is 13.5 Å². The van der Waals surface area contributed by atoms with E-state index < -0.39 is 0 Å². The fourth-order valence-corrected chi connectivity index (χ4v) is 3.06. The van der Waals surface area contributed by atoms with Gasteiger partial charge in [-0.3, -0.25) is 10.1 Å². The highest BCUT2D eigenvalue weighted by atomic mass is 16.5. The SMILES string of the molecule is Cn1cccc1/C=C/c1cc(/C=C/c2cccc(OCCc3ccccn3)c2)n[nH]1. The van der Waals surface area contributed by atoms with Gasteiger partial charge in [-0.2, -0.15) is 5.10 Å². The minimum atomic E-state index is 0.598. The van der Waals surface area contributed by atoms with Gasteiger partial charge in [0.15, 0.2) is 0 Å². The Bertz CT molecular complexity index is 1140. The van der Waals surface area contributed by atoms with Crippen LogP contribution in [0.2, 0.25) is 0 Å². The molecule has 0 bridgehead atoms. The van der Waals surface area contributed by atoms with Gasteiger partial charge in [0.25, 0.3) is 0 Å². The monoisotopic (exact) mass is 396 g/mol. The number of hydrogen-bond acceptors (Lipinski definition) is 3. The molecule has 3 aromatic heterocycles. The lowest BCUT2D eigenvalue weighted by Crippen LogP contribution is -2.02. The van der Waals surface area contributed by atoms with E-state index in [-0.39, 0.29) is 0 Å². The summed E-state index contributed by atoms with van der Waals surface area (Å²) in [5.74, 6) is 0.848. The molecule has 1 N–H and O–H groups in total.